The van der Waals surface area contributed by atoms with Gasteiger partial charge in [0.15, 0.2) is 0 Å². The Morgan fingerprint density at radius 3 is 2.82 bits per heavy atom. The van der Waals surface area contributed by atoms with E-state index in [0.29, 0.717) is 11.6 Å². The molecular weight excluding hydrogens is 284 g/mol. The van der Waals surface area contributed by atoms with Crippen LogP contribution in [0, 0.1) is 0 Å². The van der Waals surface area contributed by atoms with E-state index in [9.17, 15) is 9.90 Å². The average Bonchev–Trinajstić information content (AvgIpc) is 2.96. The van der Waals surface area contributed by atoms with Crippen LogP contribution in [0.2, 0.25) is 0 Å². The van der Waals surface area contributed by atoms with Crippen LogP contribution >= 0.6 is 0 Å². The fourth-order valence-electron chi connectivity index (χ4n) is 2.05. The second kappa shape index (κ2) is 7.72. The van der Waals surface area contributed by atoms with E-state index in [2.05, 4.69) is 4.98 Å². The highest BCUT2D eigenvalue weighted by Gasteiger charge is 2.16. The molecular formula is C16H20N2O4. The lowest BCUT2D eigenvalue weighted by Gasteiger charge is -2.19. The Bertz CT molecular complexity index is 597. The van der Waals surface area contributed by atoms with Crippen molar-refractivity contribution in [3.8, 4) is 11.5 Å². The predicted octanol–water partition coefficient (Wildman–Crippen LogP) is 1.35. The molecule has 1 heterocycles. The van der Waals surface area contributed by atoms with Crippen molar-refractivity contribution in [2.45, 2.75) is 12.5 Å². The minimum absolute atomic E-state index is 0.131. The van der Waals surface area contributed by atoms with Crippen LogP contribution in [0.3, 0.4) is 0 Å². The number of hydrogen-bond acceptors (Lipinski definition) is 5. The molecule has 1 amide bonds. The van der Waals surface area contributed by atoms with Gasteiger partial charge in [0.2, 0.25) is 11.8 Å². The van der Waals surface area contributed by atoms with Crippen molar-refractivity contribution >= 4 is 5.91 Å². The molecule has 0 radical (unpaired) electrons. The summed E-state index contributed by atoms with van der Waals surface area (Å²) in [6.45, 7) is 0.413. The van der Waals surface area contributed by atoms with Gasteiger partial charge >= 0.3 is 0 Å². The fourth-order valence-corrected chi connectivity index (χ4v) is 2.05. The molecule has 6 heteroatoms. The van der Waals surface area contributed by atoms with Gasteiger partial charge in [0.1, 0.15) is 6.26 Å². The van der Waals surface area contributed by atoms with Crippen LogP contribution in [-0.4, -0.2) is 54.3 Å². The van der Waals surface area contributed by atoms with Gasteiger partial charge < -0.3 is 19.2 Å². The van der Waals surface area contributed by atoms with Gasteiger partial charge in [-0.1, -0.05) is 18.2 Å². The molecule has 1 aromatic carbocycles. The summed E-state index contributed by atoms with van der Waals surface area (Å²) in [6.07, 6.45) is 0.919. The number of methoxy groups -OCH3 is 1. The van der Waals surface area contributed by atoms with Crippen LogP contribution in [0.1, 0.15) is 5.69 Å². The third-order valence-corrected chi connectivity index (χ3v) is 3.17. The minimum atomic E-state index is -0.698. The molecule has 1 aromatic heterocycles. The maximum Gasteiger partial charge on any atom is 0.228 e. The summed E-state index contributed by atoms with van der Waals surface area (Å²) < 4.78 is 10.2. The summed E-state index contributed by atoms with van der Waals surface area (Å²) in [5.41, 5.74) is 1.43. The van der Waals surface area contributed by atoms with E-state index in [1.54, 1.807) is 7.05 Å². The molecule has 0 saturated heterocycles. The Kier molecular flexibility index (Phi) is 5.68. The van der Waals surface area contributed by atoms with Crippen molar-refractivity contribution in [1.82, 2.24) is 9.88 Å². The maximum atomic E-state index is 12.1. The van der Waals surface area contributed by atoms with Crippen molar-refractivity contribution < 1.29 is 19.1 Å². The summed E-state index contributed by atoms with van der Waals surface area (Å²) in [7, 11) is 3.14. The van der Waals surface area contributed by atoms with Gasteiger partial charge in [0.05, 0.1) is 24.8 Å². The lowest BCUT2D eigenvalue weighted by Crippen LogP contribution is -2.37. The topological polar surface area (TPSA) is 75.8 Å². The molecule has 1 atom stereocenters. The van der Waals surface area contributed by atoms with E-state index in [0.717, 1.165) is 5.56 Å². The van der Waals surface area contributed by atoms with E-state index >= 15 is 0 Å². The van der Waals surface area contributed by atoms with E-state index in [4.69, 9.17) is 9.15 Å². The number of carbonyl (C=O) groups is 1. The molecule has 0 aliphatic heterocycles. The van der Waals surface area contributed by atoms with E-state index in [1.165, 1.54) is 18.3 Å². The second-order valence-corrected chi connectivity index (χ2v) is 5.07. The molecule has 0 saturated carbocycles. The number of hydrogen-bond donors (Lipinski definition) is 1. The first-order valence-corrected chi connectivity index (χ1v) is 7.01. The Morgan fingerprint density at radius 1 is 1.41 bits per heavy atom. The Labute approximate surface area is 129 Å². The highest BCUT2D eigenvalue weighted by atomic mass is 16.5. The van der Waals surface area contributed by atoms with E-state index < -0.39 is 6.10 Å². The highest BCUT2D eigenvalue weighted by molar-refractivity contribution is 5.78. The minimum Gasteiger partial charge on any atom is -0.444 e. The van der Waals surface area contributed by atoms with Crippen molar-refractivity contribution in [2.24, 2.45) is 0 Å². The second-order valence-electron chi connectivity index (χ2n) is 5.07. The third kappa shape index (κ3) is 4.41. The van der Waals surface area contributed by atoms with Gasteiger partial charge in [-0.2, -0.15) is 0 Å². The zero-order valence-electron chi connectivity index (χ0n) is 12.7. The first-order chi connectivity index (χ1) is 10.6. The molecule has 0 fully saturated rings. The zero-order valence-corrected chi connectivity index (χ0v) is 12.7. The number of aliphatic hydroxyl groups excluding tert-OH is 1. The van der Waals surface area contributed by atoms with E-state index in [-0.39, 0.29) is 25.5 Å². The van der Waals surface area contributed by atoms with Gasteiger partial charge in [0.25, 0.3) is 0 Å². The SMILES string of the molecule is COCC(O)CN(C)C(=O)Cc1coc(-c2ccccc2)n1. The number of nitrogens with zero attached hydrogens (tertiary/aromatic N) is 2. The van der Waals surface area contributed by atoms with Gasteiger partial charge in [0, 0.05) is 26.3 Å². The van der Waals surface area contributed by atoms with Crippen molar-refractivity contribution in [2.75, 3.05) is 27.3 Å². The normalized spacial score (nSPS) is 12.1. The van der Waals surface area contributed by atoms with Crippen LogP contribution in [0.15, 0.2) is 41.0 Å². The number of aromatic nitrogens is 1. The molecule has 0 aliphatic carbocycles. The van der Waals surface area contributed by atoms with Crippen LogP contribution in [0.4, 0.5) is 0 Å². The van der Waals surface area contributed by atoms with E-state index in [1.807, 2.05) is 30.3 Å². The van der Waals surface area contributed by atoms with Gasteiger partial charge in [-0.3, -0.25) is 4.79 Å². The summed E-state index contributed by atoms with van der Waals surface area (Å²) in [5, 5.41) is 9.63. The van der Waals surface area contributed by atoms with Gasteiger partial charge in [-0.05, 0) is 12.1 Å². The molecule has 0 spiro atoms. The largest absolute Gasteiger partial charge is 0.444 e. The van der Waals surface area contributed by atoms with Crippen LogP contribution < -0.4 is 0 Å². The lowest BCUT2D eigenvalue weighted by atomic mass is 10.2. The third-order valence-electron chi connectivity index (χ3n) is 3.17. The highest BCUT2D eigenvalue weighted by Crippen LogP contribution is 2.18. The average molecular weight is 304 g/mol. The fraction of sp³-hybridized carbons (Fsp3) is 0.375. The first-order valence-electron chi connectivity index (χ1n) is 7.01. The van der Waals surface area contributed by atoms with Gasteiger partial charge in [-0.25, -0.2) is 4.98 Å². The Hall–Kier alpha value is -2.18. The maximum absolute atomic E-state index is 12.1. The standard InChI is InChI=1S/C16H20N2O4/c1-18(9-14(19)11-21-2)15(20)8-13-10-22-16(17-13)12-6-4-3-5-7-12/h3-7,10,14,19H,8-9,11H2,1-2H3. The molecule has 2 rings (SSSR count). The van der Waals surface area contributed by atoms with Crippen LogP contribution in [0.5, 0.6) is 0 Å². The number of oxazole rings is 1. The Morgan fingerprint density at radius 2 is 2.14 bits per heavy atom. The van der Waals surface area contributed by atoms with Crippen LogP contribution in [-0.2, 0) is 16.0 Å². The molecule has 118 valence electrons. The summed E-state index contributed by atoms with van der Waals surface area (Å²) in [4.78, 5) is 17.9. The lowest BCUT2D eigenvalue weighted by molar-refractivity contribution is -0.130. The number of likely N-dealkylation sites (N-methyl/N-ethyl adjacent to an activating group) is 1. The first kappa shape index (κ1) is 16.2. The predicted molar refractivity (Wildman–Crippen MR) is 81.2 cm³/mol. The monoisotopic (exact) mass is 304 g/mol. The summed E-state index contributed by atoms with van der Waals surface area (Å²) in [5.74, 6) is 0.355. The number of amides is 1. The van der Waals surface area contributed by atoms with Crippen LogP contribution in [0.25, 0.3) is 11.5 Å². The molecule has 22 heavy (non-hydrogen) atoms. The number of aliphatic hydroxyl groups is 1. The smallest absolute Gasteiger partial charge is 0.228 e. The molecule has 0 aliphatic rings. The van der Waals surface area contributed by atoms with Crippen molar-refractivity contribution in [3.05, 3.63) is 42.3 Å². The number of carbonyl (C=O) groups excluding carboxylic acids is 1. The molecule has 0 bridgehead atoms. The number of rotatable bonds is 7. The number of benzene rings is 1. The molecule has 2 aromatic rings. The van der Waals surface area contributed by atoms with Gasteiger partial charge in [-0.15, -0.1) is 0 Å². The van der Waals surface area contributed by atoms with Crippen molar-refractivity contribution in [1.29, 1.82) is 0 Å². The summed E-state index contributed by atoms with van der Waals surface area (Å²) in [6, 6.07) is 9.50. The number of ether oxygens (including phenoxy) is 1. The zero-order chi connectivity index (χ0) is 15.9. The molecule has 1 unspecified atom stereocenters. The Balaban J connectivity index is 1.94. The molecule has 6 nitrogen and oxygen atoms in total. The summed E-state index contributed by atoms with van der Waals surface area (Å²) >= 11 is 0. The quantitative estimate of drug-likeness (QED) is 0.835. The molecule has 1 N–H and O–H groups in total. The van der Waals surface area contributed by atoms with Crippen molar-refractivity contribution in [3.63, 3.8) is 0 Å².